The maximum Gasteiger partial charge on any atom is 0.242 e. The SMILES string of the molecule is CNC(=O)[C@H](CC(C)C)N(C)C(=O)[C@H](C)NO. The van der Waals surface area contributed by atoms with Crippen molar-refractivity contribution in [3.63, 3.8) is 0 Å². The van der Waals surface area contributed by atoms with Crippen LogP contribution in [0.15, 0.2) is 0 Å². The van der Waals surface area contributed by atoms with Crippen molar-refractivity contribution in [1.29, 1.82) is 0 Å². The van der Waals surface area contributed by atoms with Crippen LogP contribution in [0.25, 0.3) is 0 Å². The zero-order chi connectivity index (χ0) is 13.6. The summed E-state index contributed by atoms with van der Waals surface area (Å²) < 4.78 is 0. The number of rotatable bonds is 6. The Bertz CT molecular complexity index is 269. The second-order valence-electron chi connectivity index (χ2n) is 4.56. The number of likely N-dealkylation sites (N-methyl/N-ethyl adjacent to an activating group) is 2. The summed E-state index contributed by atoms with van der Waals surface area (Å²) in [5.74, 6) is -0.216. The van der Waals surface area contributed by atoms with E-state index in [0.717, 1.165) is 0 Å². The Hall–Kier alpha value is -1.14. The predicted octanol–water partition coefficient (Wildman–Crippen LogP) is -0.0272. The molecule has 0 spiro atoms. The Morgan fingerprint density at radius 1 is 1.29 bits per heavy atom. The van der Waals surface area contributed by atoms with Gasteiger partial charge in [0, 0.05) is 14.1 Å². The van der Waals surface area contributed by atoms with E-state index in [-0.39, 0.29) is 11.8 Å². The minimum Gasteiger partial charge on any atom is -0.357 e. The van der Waals surface area contributed by atoms with Crippen LogP contribution in [0, 0.1) is 5.92 Å². The molecule has 0 unspecified atom stereocenters. The lowest BCUT2D eigenvalue weighted by Gasteiger charge is -2.29. The van der Waals surface area contributed by atoms with Gasteiger partial charge in [-0.2, -0.15) is 5.48 Å². The molecule has 0 saturated heterocycles. The number of nitrogens with one attached hydrogen (secondary N) is 2. The number of hydrogen-bond acceptors (Lipinski definition) is 4. The fourth-order valence-electron chi connectivity index (χ4n) is 1.57. The monoisotopic (exact) mass is 245 g/mol. The Morgan fingerprint density at radius 2 is 1.82 bits per heavy atom. The molecule has 3 N–H and O–H groups in total. The van der Waals surface area contributed by atoms with Gasteiger partial charge in [0.1, 0.15) is 12.1 Å². The van der Waals surface area contributed by atoms with E-state index in [1.165, 1.54) is 11.8 Å². The molecule has 2 atom stereocenters. The van der Waals surface area contributed by atoms with Crippen LogP contribution in [0.5, 0.6) is 0 Å². The van der Waals surface area contributed by atoms with Crippen LogP contribution in [0.3, 0.4) is 0 Å². The van der Waals surface area contributed by atoms with E-state index >= 15 is 0 Å². The van der Waals surface area contributed by atoms with E-state index in [1.807, 2.05) is 19.3 Å². The van der Waals surface area contributed by atoms with Crippen molar-refractivity contribution in [3.8, 4) is 0 Å². The fourth-order valence-corrected chi connectivity index (χ4v) is 1.57. The molecule has 0 aliphatic carbocycles. The average molecular weight is 245 g/mol. The number of carbonyl (C=O) groups is 2. The highest BCUT2D eigenvalue weighted by Gasteiger charge is 2.29. The van der Waals surface area contributed by atoms with E-state index in [0.29, 0.717) is 12.3 Å². The highest BCUT2D eigenvalue weighted by Crippen LogP contribution is 2.11. The smallest absolute Gasteiger partial charge is 0.242 e. The Kier molecular flexibility index (Phi) is 6.75. The molecule has 0 aliphatic heterocycles. The molecule has 2 amide bonds. The van der Waals surface area contributed by atoms with Crippen LogP contribution >= 0.6 is 0 Å². The highest BCUT2D eigenvalue weighted by molar-refractivity contribution is 5.89. The van der Waals surface area contributed by atoms with Crippen molar-refractivity contribution >= 4 is 11.8 Å². The average Bonchev–Trinajstić information content (AvgIpc) is 2.31. The summed E-state index contributed by atoms with van der Waals surface area (Å²) >= 11 is 0. The number of hydroxylamine groups is 1. The third kappa shape index (κ3) is 4.70. The molecule has 6 nitrogen and oxygen atoms in total. The molecule has 0 fully saturated rings. The van der Waals surface area contributed by atoms with Crippen LogP contribution in [0.1, 0.15) is 27.2 Å². The van der Waals surface area contributed by atoms with Crippen LogP contribution in [-0.2, 0) is 9.59 Å². The first-order valence-electron chi connectivity index (χ1n) is 5.73. The maximum atomic E-state index is 11.8. The molecule has 0 aliphatic rings. The third-order valence-corrected chi connectivity index (χ3v) is 2.62. The van der Waals surface area contributed by atoms with Gasteiger partial charge >= 0.3 is 0 Å². The van der Waals surface area contributed by atoms with Gasteiger partial charge in [0.05, 0.1) is 0 Å². The number of nitrogens with zero attached hydrogens (tertiary/aromatic N) is 1. The third-order valence-electron chi connectivity index (χ3n) is 2.62. The number of hydrogen-bond donors (Lipinski definition) is 3. The summed E-state index contributed by atoms with van der Waals surface area (Å²) in [5.41, 5.74) is 1.89. The summed E-state index contributed by atoms with van der Waals surface area (Å²) in [4.78, 5) is 24.9. The first-order chi connectivity index (χ1) is 7.84. The van der Waals surface area contributed by atoms with E-state index in [1.54, 1.807) is 14.1 Å². The summed E-state index contributed by atoms with van der Waals surface area (Å²) in [5, 5.41) is 11.3. The topological polar surface area (TPSA) is 81.7 Å². The van der Waals surface area contributed by atoms with Crippen molar-refractivity contribution in [1.82, 2.24) is 15.7 Å². The first-order valence-corrected chi connectivity index (χ1v) is 5.73. The van der Waals surface area contributed by atoms with Crippen molar-refractivity contribution < 1.29 is 14.8 Å². The summed E-state index contributed by atoms with van der Waals surface area (Å²) in [6, 6.07) is -1.23. The molecule has 0 rings (SSSR count). The van der Waals surface area contributed by atoms with Gasteiger partial charge in [-0.15, -0.1) is 0 Å². The van der Waals surface area contributed by atoms with Crippen LogP contribution in [-0.4, -0.2) is 48.1 Å². The largest absolute Gasteiger partial charge is 0.357 e. The molecule has 0 aromatic heterocycles. The number of carbonyl (C=O) groups excluding carboxylic acids is 2. The lowest BCUT2D eigenvalue weighted by molar-refractivity contribution is -0.142. The van der Waals surface area contributed by atoms with Gasteiger partial charge in [0.15, 0.2) is 0 Å². The first kappa shape index (κ1) is 15.9. The minimum atomic E-state index is -0.723. The van der Waals surface area contributed by atoms with Gasteiger partial charge in [-0.05, 0) is 19.3 Å². The van der Waals surface area contributed by atoms with Gasteiger partial charge in [-0.3, -0.25) is 9.59 Å². The van der Waals surface area contributed by atoms with Gasteiger partial charge in [0.2, 0.25) is 11.8 Å². The molecular formula is C11H23N3O3. The molecule has 0 radical (unpaired) electrons. The van der Waals surface area contributed by atoms with Crippen molar-refractivity contribution in [2.45, 2.75) is 39.3 Å². The van der Waals surface area contributed by atoms with E-state index < -0.39 is 12.1 Å². The molecule has 17 heavy (non-hydrogen) atoms. The zero-order valence-electron chi connectivity index (χ0n) is 11.2. The molecule has 0 heterocycles. The highest BCUT2D eigenvalue weighted by atomic mass is 16.5. The van der Waals surface area contributed by atoms with E-state index in [4.69, 9.17) is 5.21 Å². The van der Waals surface area contributed by atoms with E-state index in [2.05, 4.69) is 5.32 Å². The molecule has 0 bridgehead atoms. The minimum absolute atomic E-state index is 0.195. The second-order valence-corrected chi connectivity index (χ2v) is 4.56. The van der Waals surface area contributed by atoms with Crippen molar-refractivity contribution in [2.75, 3.05) is 14.1 Å². The fraction of sp³-hybridized carbons (Fsp3) is 0.818. The van der Waals surface area contributed by atoms with E-state index in [9.17, 15) is 9.59 Å². The normalized spacial score (nSPS) is 14.3. The van der Waals surface area contributed by atoms with Gasteiger partial charge < -0.3 is 15.4 Å². The van der Waals surface area contributed by atoms with Crippen LogP contribution in [0.4, 0.5) is 0 Å². The Balaban J connectivity index is 4.79. The lowest BCUT2D eigenvalue weighted by atomic mass is 10.0. The van der Waals surface area contributed by atoms with Crippen molar-refractivity contribution in [2.24, 2.45) is 5.92 Å². The lowest BCUT2D eigenvalue weighted by Crippen LogP contribution is -2.52. The van der Waals surface area contributed by atoms with Gasteiger partial charge in [-0.1, -0.05) is 13.8 Å². The van der Waals surface area contributed by atoms with Gasteiger partial charge in [0.25, 0.3) is 0 Å². The summed E-state index contributed by atoms with van der Waals surface area (Å²) in [6.07, 6.45) is 0.583. The molecule has 6 heteroatoms. The predicted molar refractivity (Wildman–Crippen MR) is 64.5 cm³/mol. The van der Waals surface area contributed by atoms with Crippen molar-refractivity contribution in [3.05, 3.63) is 0 Å². The summed E-state index contributed by atoms with van der Waals surface area (Å²) in [6.45, 7) is 5.51. The quantitative estimate of drug-likeness (QED) is 0.574. The van der Waals surface area contributed by atoms with Crippen LogP contribution < -0.4 is 10.8 Å². The molecule has 0 aromatic rings. The number of amides is 2. The standard InChI is InChI=1S/C11H23N3O3/c1-7(2)6-9(10(15)12-4)14(5)11(16)8(3)13-17/h7-9,13,17H,6H2,1-5H3,(H,12,15)/t8-,9-/m0/s1. The van der Waals surface area contributed by atoms with Gasteiger partial charge in [-0.25, -0.2) is 0 Å². The zero-order valence-corrected chi connectivity index (χ0v) is 11.2. The Morgan fingerprint density at radius 3 is 2.18 bits per heavy atom. The second kappa shape index (κ2) is 7.24. The Labute approximate surface area is 102 Å². The van der Waals surface area contributed by atoms with Crippen LogP contribution in [0.2, 0.25) is 0 Å². The molecule has 100 valence electrons. The maximum absolute atomic E-state index is 11.8. The molecule has 0 aromatic carbocycles. The molecular weight excluding hydrogens is 222 g/mol. The molecule has 0 saturated carbocycles. The summed E-state index contributed by atoms with van der Waals surface area (Å²) in [7, 11) is 3.11.